The first-order chi connectivity index (χ1) is 9.56. The van der Waals surface area contributed by atoms with Gasteiger partial charge in [-0.3, -0.25) is 9.59 Å². The van der Waals surface area contributed by atoms with E-state index in [-0.39, 0.29) is 24.7 Å². The van der Waals surface area contributed by atoms with Gasteiger partial charge in [-0.05, 0) is 13.8 Å². The Morgan fingerprint density at radius 2 is 2.00 bits per heavy atom. The fourth-order valence-electron chi connectivity index (χ4n) is 1.90. The van der Waals surface area contributed by atoms with Gasteiger partial charge in [0.1, 0.15) is 0 Å². The normalized spacial score (nSPS) is 15.2. The van der Waals surface area contributed by atoms with Crippen LogP contribution in [0.1, 0.15) is 23.4 Å². The Bertz CT molecular complexity index is 476. The Morgan fingerprint density at radius 1 is 1.30 bits per heavy atom. The smallest absolute Gasteiger partial charge is 0.226 e. The van der Waals surface area contributed by atoms with E-state index in [1.165, 1.54) is 11.3 Å². The molecule has 1 aromatic heterocycles. The second kappa shape index (κ2) is 6.81. The third-order valence-electron chi connectivity index (χ3n) is 3.20. The van der Waals surface area contributed by atoms with E-state index >= 15 is 0 Å². The van der Waals surface area contributed by atoms with Crippen LogP contribution in [0.2, 0.25) is 0 Å². The van der Waals surface area contributed by atoms with Crippen LogP contribution in [-0.2, 0) is 14.3 Å². The van der Waals surface area contributed by atoms with Crippen LogP contribution >= 0.6 is 11.3 Å². The molecule has 1 aliphatic rings. The van der Waals surface area contributed by atoms with Crippen LogP contribution in [0, 0.1) is 13.8 Å². The maximum atomic E-state index is 11.9. The SMILES string of the molecule is Cc1nc(NC(=O)CCC(=O)N2CCOCC2)sc1C. The van der Waals surface area contributed by atoms with Crippen molar-refractivity contribution < 1.29 is 14.3 Å². The minimum Gasteiger partial charge on any atom is -0.378 e. The number of aromatic nitrogens is 1. The fourth-order valence-corrected chi connectivity index (χ4v) is 2.73. The first kappa shape index (κ1) is 14.9. The molecule has 1 aliphatic heterocycles. The molecule has 0 spiro atoms. The summed E-state index contributed by atoms with van der Waals surface area (Å²) in [6, 6.07) is 0. The van der Waals surface area contributed by atoms with E-state index < -0.39 is 0 Å². The number of carbonyl (C=O) groups excluding carboxylic acids is 2. The number of nitrogens with zero attached hydrogens (tertiary/aromatic N) is 2. The number of ether oxygens (including phenoxy) is 1. The van der Waals surface area contributed by atoms with Crippen LogP contribution < -0.4 is 5.32 Å². The molecule has 0 saturated carbocycles. The highest BCUT2D eigenvalue weighted by atomic mass is 32.1. The molecular weight excluding hydrogens is 278 g/mol. The monoisotopic (exact) mass is 297 g/mol. The molecule has 1 fully saturated rings. The van der Waals surface area contributed by atoms with Crippen LogP contribution in [0.4, 0.5) is 5.13 Å². The van der Waals surface area contributed by atoms with Gasteiger partial charge in [0.25, 0.3) is 0 Å². The molecule has 110 valence electrons. The van der Waals surface area contributed by atoms with Gasteiger partial charge < -0.3 is 15.0 Å². The largest absolute Gasteiger partial charge is 0.378 e. The van der Waals surface area contributed by atoms with E-state index in [9.17, 15) is 9.59 Å². The minimum atomic E-state index is -0.166. The zero-order chi connectivity index (χ0) is 14.5. The average Bonchev–Trinajstić information content (AvgIpc) is 2.75. The predicted octanol–water partition coefficient (Wildman–Crippen LogP) is 1.34. The van der Waals surface area contributed by atoms with E-state index in [4.69, 9.17) is 4.74 Å². The Hall–Kier alpha value is -1.47. The third-order valence-corrected chi connectivity index (χ3v) is 4.19. The second-order valence-electron chi connectivity index (χ2n) is 4.70. The highest BCUT2D eigenvalue weighted by molar-refractivity contribution is 7.15. The standard InChI is InChI=1S/C13H19N3O3S/c1-9-10(2)20-13(14-9)15-11(17)3-4-12(18)16-5-7-19-8-6-16/h3-8H2,1-2H3,(H,14,15,17). The van der Waals surface area contributed by atoms with Crippen molar-refractivity contribution >= 4 is 28.3 Å². The zero-order valence-corrected chi connectivity index (χ0v) is 12.6. The lowest BCUT2D eigenvalue weighted by Gasteiger charge is -2.26. The zero-order valence-electron chi connectivity index (χ0n) is 11.8. The minimum absolute atomic E-state index is 0.00921. The van der Waals surface area contributed by atoms with E-state index in [0.29, 0.717) is 31.4 Å². The van der Waals surface area contributed by atoms with Crippen LogP contribution in [0.3, 0.4) is 0 Å². The van der Waals surface area contributed by atoms with Crippen molar-refractivity contribution in [1.82, 2.24) is 9.88 Å². The van der Waals surface area contributed by atoms with Gasteiger partial charge in [0.2, 0.25) is 11.8 Å². The van der Waals surface area contributed by atoms with Crippen LogP contribution in [0.25, 0.3) is 0 Å². The number of nitrogens with one attached hydrogen (secondary N) is 1. The van der Waals surface area contributed by atoms with Crippen molar-refractivity contribution in [3.05, 3.63) is 10.6 Å². The summed E-state index contributed by atoms with van der Waals surface area (Å²) in [6.45, 7) is 6.26. The molecule has 7 heteroatoms. The van der Waals surface area contributed by atoms with Gasteiger partial charge in [-0.1, -0.05) is 0 Å². The first-order valence-corrected chi connectivity index (χ1v) is 7.47. The van der Waals surface area contributed by atoms with Crippen molar-refractivity contribution in [3.8, 4) is 0 Å². The summed E-state index contributed by atoms with van der Waals surface area (Å²) in [5, 5.41) is 3.34. The van der Waals surface area contributed by atoms with Gasteiger partial charge in [0, 0.05) is 30.8 Å². The molecule has 0 bridgehead atoms. The molecule has 1 aromatic rings. The van der Waals surface area contributed by atoms with Gasteiger partial charge in [-0.2, -0.15) is 0 Å². The number of rotatable bonds is 4. The van der Waals surface area contributed by atoms with Crippen LogP contribution in [0.15, 0.2) is 0 Å². The highest BCUT2D eigenvalue weighted by Crippen LogP contribution is 2.21. The number of aryl methyl sites for hydroxylation is 2. The summed E-state index contributed by atoms with van der Waals surface area (Å²) >= 11 is 1.45. The maximum absolute atomic E-state index is 11.9. The number of carbonyl (C=O) groups is 2. The first-order valence-electron chi connectivity index (χ1n) is 6.65. The highest BCUT2D eigenvalue weighted by Gasteiger charge is 2.18. The summed E-state index contributed by atoms with van der Waals surface area (Å²) in [5.74, 6) is -0.157. The summed E-state index contributed by atoms with van der Waals surface area (Å²) in [5.41, 5.74) is 0.926. The number of hydrogen-bond acceptors (Lipinski definition) is 5. The van der Waals surface area contributed by atoms with E-state index in [2.05, 4.69) is 10.3 Å². The lowest BCUT2D eigenvalue weighted by Crippen LogP contribution is -2.40. The van der Waals surface area contributed by atoms with Crippen molar-refractivity contribution in [2.24, 2.45) is 0 Å². The molecular formula is C13H19N3O3S. The molecule has 20 heavy (non-hydrogen) atoms. The molecule has 2 amide bonds. The lowest BCUT2D eigenvalue weighted by molar-refractivity contribution is -0.136. The topological polar surface area (TPSA) is 71.5 Å². The van der Waals surface area contributed by atoms with Gasteiger partial charge >= 0.3 is 0 Å². The van der Waals surface area contributed by atoms with Crippen LogP contribution in [-0.4, -0.2) is 48.0 Å². The van der Waals surface area contributed by atoms with Gasteiger partial charge in [0.15, 0.2) is 5.13 Å². The van der Waals surface area contributed by atoms with Crippen LogP contribution in [0.5, 0.6) is 0 Å². The molecule has 6 nitrogen and oxygen atoms in total. The number of anilines is 1. The Labute approximate surface area is 122 Å². The van der Waals surface area contributed by atoms with E-state index in [1.807, 2.05) is 13.8 Å². The third kappa shape index (κ3) is 4.01. The molecule has 0 radical (unpaired) electrons. The van der Waals surface area contributed by atoms with Crippen molar-refractivity contribution in [1.29, 1.82) is 0 Å². The molecule has 2 heterocycles. The number of thiazole rings is 1. The maximum Gasteiger partial charge on any atom is 0.226 e. The molecule has 0 aliphatic carbocycles. The Balaban J connectivity index is 1.75. The second-order valence-corrected chi connectivity index (χ2v) is 5.91. The number of amides is 2. The number of morpholine rings is 1. The van der Waals surface area contributed by atoms with Crippen molar-refractivity contribution in [2.45, 2.75) is 26.7 Å². The van der Waals surface area contributed by atoms with Crippen molar-refractivity contribution in [3.63, 3.8) is 0 Å². The molecule has 0 atom stereocenters. The van der Waals surface area contributed by atoms with Gasteiger partial charge in [-0.25, -0.2) is 4.98 Å². The predicted molar refractivity (Wildman–Crippen MR) is 76.9 cm³/mol. The quantitative estimate of drug-likeness (QED) is 0.910. The van der Waals surface area contributed by atoms with Gasteiger partial charge in [-0.15, -0.1) is 11.3 Å². The fraction of sp³-hybridized carbons (Fsp3) is 0.615. The molecule has 1 N–H and O–H groups in total. The summed E-state index contributed by atoms with van der Waals surface area (Å²) in [7, 11) is 0. The molecule has 0 aromatic carbocycles. The molecule has 2 rings (SSSR count). The van der Waals surface area contributed by atoms with Crippen molar-refractivity contribution in [2.75, 3.05) is 31.6 Å². The summed E-state index contributed by atoms with van der Waals surface area (Å²) in [4.78, 5) is 30.7. The summed E-state index contributed by atoms with van der Waals surface area (Å²) < 4.78 is 5.19. The average molecular weight is 297 g/mol. The van der Waals surface area contributed by atoms with E-state index in [1.54, 1.807) is 4.90 Å². The van der Waals surface area contributed by atoms with Gasteiger partial charge in [0.05, 0.1) is 18.9 Å². The Morgan fingerprint density at radius 3 is 2.60 bits per heavy atom. The van der Waals surface area contributed by atoms with E-state index in [0.717, 1.165) is 10.6 Å². The lowest BCUT2D eigenvalue weighted by atomic mass is 10.2. The molecule has 0 unspecified atom stereocenters. The number of hydrogen-bond donors (Lipinski definition) is 1. The summed E-state index contributed by atoms with van der Waals surface area (Å²) in [6.07, 6.45) is 0.420. The molecule has 1 saturated heterocycles. The Kier molecular flexibility index (Phi) is 5.08.